The van der Waals surface area contributed by atoms with E-state index in [1.807, 2.05) is 19.1 Å². The molecule has 134 valence electrons. The molecule has 0 fully saturated rings. The summed E-state index contributed by atoms with van der Waals surface area (Å²) in [7, 11) is 3.03. The number of methoxy groups -OCH3 is 2. The van der Waals surface area contributed by atoms with Crippen LogP contribution < -0.4 is 14.8 Å². The molecule has 0 saturated carbocycles. The molecule has 2 aromatic rings. The first-order chi connectivity index (χ1) is 12.5. The molecule has 0 aliphatic rings. The van der Waals surface area contributed by atoms with Gasteiger partial charge in [-0.2, -0.15) is 5.26 Å². The lowest BCUT2D eigenvalue weighted by atomic mass is 10.1. The van der Waals surface area contributed by atoms with E-state index in [0.717, 1.165) is 5.56 Å². The minimum absolute atomic E-state index is 0.186. The van der Waals surface area contributed by atoms with Crippen molar-refractivity contribution in [2.75, 3.05) is 14.2 Å². The number of nitrogens with zero attached hydrogens (tertiary/aromatic N) is 1. The predicted molar refractivity (Wildman–Crippen MR) is 101 cm³/mol. The smallest absolute Gasteiger partial charge is 0.244 e. The Morgan fingerprint density at radius 2 is 1.92 bits per heavy atom. The summed E-state index contributed by atoms with van der Waals surface area (Å²) >= 11 is 6.16. The minimum Gasteiger partial charge on any atom is -0.493 e. The van der Waals surface area contributed by atoms with Gasteiger partial charge in [0.2, 0.25) is 5.91 Å². The summed E-state index contributed by atoms with van der Waals surface area (Å²) in [6.45, 7) is 1.88. The van der Waals surface area contributed by atoms with Crippen molar-refractivity contribution in [3.63, 3.8) is 0 Å². The first-order valence-electron chi connectivity index (χ1n) is 7.88. The Balaban J connectivity index is 2.07. The fourth-order valence-corrected chi connectivity index (χ4v) is 2.69. The number of hydrogen-bond acceptors (Lipinski definition) is 4. The quantitative estimate of drug-likeness (QED) is 0.776. The van der Waals surface area contributed by atoms with Crippen LogP contribution >= 0.6 is 11.6 Å². The summed E-state index contributed by atoms with van der Waals surface area (Å²) < 4.78 is 10.4. The number of nitriles is 1. The van der Waals surface area contributed by atoms with Gasteiger partial charge in [-0.1, -0.05) is 23.7 Å². The molecule has 0 radical (unpaired) electrons. The first kappa shape index (κ1) is 19.4. The van der Waals surface area contributed by atoms with Gasteiger partial charge in [-0.15, -0.1) is 0 Å². The molecule has 0 spiro atoms. The number of ether oxygens (including phenoxy) is 2. The zero-order valence-corrected chi connectivity index (χ0v) is 15.5. The average Bonchev–Trinajstić information content (AvgIpc) is 2.65. The van der Waals surface area contributed by atoms with Crippen LogP contribution in [0.25, 0.3) is 6.08 Å². The van der Waals surface area contributed by atoms with Crippen LogP contribution in [0.5, 0.6) is 11.5 Å². The highest BCUT2D eigenvalue weighted by molar-refractivity contribution is 6.32. The van der Waals surface area contributed by atoms with Gasteiger partial charge >= 0.3 is 0 Å². The SMILES string of the molecule is COc1cc(/C=C/C(=O)NC(C)c2ccc(C#N)cc2)cc(Cl)c1OC. The van der Waals surface area contributed by atoms with E-state index in [9.17, 15) is 4.79 Å². The molecule has 0 aliphatic carbocycles. The Morgan fingerprint density at radius 3 is 2.50 bits per heavy atom. The molecule has 1 N–H and O–H groups in total. The number of halogens is 1. The van der Waals surface area contributed by atoms with Crippen molar-refractivity contribution in [2.45, 2.75) is 13.0 Å². The Morgan fingerprint density at radius 1 is 1.23 bits per heavy atom. The zero-order chi connectivity index (χ0) is 19.1. The monoisotopic (exact) mass is 370 g/mol. The normalized spacial score (nSPS) is 11.7. The summed E-state index contributed by atoms with van der Waals surface area (Å²) in [5.41, 5.74) is 2.21. The largest absolute Gasteiger partial charge is 0.493 e. The van der Waals surface area contributed by atoms with Gasteiger partial charge in [-0.3, -0.25) is 4.79 Å². The molecule has 2 aromatic carbocycles. The highest BCUT2D eigenvalue weighted by Gasteiger charge is 2.11. The van der Waals surface area contributed by atoms with E-state index in [2.05, 4.69) is 11.4 Å². The van der Waals surface area contributed by atoms with Crippen molar-refractivity contribution < 1.29 is 14.3 Å². The highest BCUT2D eigenvalue weighted by Crippen LogP contribution is 2.36. The van der Waals surface area contributed by atoms with E-state index in [-0.39, 0.29) is 11.9 Å². The van der Waals surface area contributed by atoms with Crippen molar-refractivity contribution >= 4 is 23.6 Å². The lowest BCUT2D eigenvalue weighted by molar-refractivity contribution is -0.117. The van der Waals surface area contributed by atoms with Gasteiger partial charge in [0.1, 0.15) is 0 Å². The summed E-state index contributed by atoms with van der Waals surface area (Å²) in [4.78, 5) is 12.1. The van der Waals surface area contributed by atoms with Gasteiger partial charge in [0.15, 0.2) is 11.5 Å². The molecule has 1 atom stereocenters. The fraction of sp³-hybridized carbons (Fsp3) is 0.200. The van der Waals surface area contributed by atoms with Gasteiger partial charge in [-0.25, -0.2) is 0 Å². The third kappa shape index (κ3) is 4.78. The molecule has 1 unspecified atom stereocenters. The number of nitrogens with one attached hydrogen (secondary N) is 1. The zero-order valence-electron chi connectivity index (χ0n) is 14.7. The lowest BCUT2D eigenvalue weighted by Gasteiger charge is -2.13. The van der Waals surface area contributed by atoms with Crippen molar-refractivity contribution in [1.82, 2.24) is 5.32 Å². The second-order valence-corrected chi connectivity index (χ2v) is 5.94. The third-order valence-electron chi connectivity index (χ3n) is 3.78. The number of benzene rings is 2. The molecule has 6 heteroatoms. The van der Waals surface area contributed by atoms with E-state index in [1.165, 1.54) is 20.3 Å². The third-order valence-corrected chi connectivity index (χ3v) is 4.06. The van der Waals surface area contributed by atoms with Gasteiger partial charge in [0.05, 0.1) is 36.9 Å². The predicted octanol–water partition coefficient (Wildman–Crippen LogP) is 4.12. The van der Waals surface area contributed by atoms with Gasteiger partial charge in [0, 0.05) is 6.08 Å². The number of carbonyl (C=O) groups excluding carboxylic acids is 1. The van der Waals surface area contributed by atoms with Crippen LogP contribution in [0.1, 0.15) is 29.7 Å². The van der Waals surface area contributed by atoms with E-state index in [0.29, 0.717) is 27.6 Å². The standard InChI is InChI=1S/C20H19ClN2O3/c1-13(16-7-4-14(12-22)5-8-16)23-19(24)9-6-15-10-17(21)20(26-3)18(11-15)25-2/h4-11,13H,1-3H3,(H,23,24)/b9-6+. The van der Waals surface area contributed by atoms with Crippen molar-refractivity contribution in [2.24, 2.45) is 0 Å². The highest BCUT2D eigenvalue weighted by atomic mass is 35.5. The van der Waals surface area contributed by atoms with Gasteiger partial charge < -0.3 is 14.8 Å². The second-order valence-electron chi connectivity index (χ2n) is 5.54. The Labute approximate surface area is 157 Å². The summed E-state index contributed by atoms with van der Waals surface area (Å²) in [6.07, 6.45) is 3.08. The van der Waals surface area contributed by atoms with Crippen LogP contribution in [-0.4, -0.2) is 20.1 Å². The molecule has 26 heavy (non-hydrogen) atoms. The number of amides is 1. The molecule has 0 aliphatic heterocycles. The maximum atomic E-state index is 12.1. The summed E-state index contributed by atoms with van der Waals surface area (Å²) in [6, 6.07) is 12.4. The molecule has 0 bridgehead atoms. The van der Waals surface area contributed by atoms with Crippen molar-refractivity contribution in [3.8, 4) is 17.6 Å². The molecule has 0 saturated heterocycles. The van der Waals surface area contributed by atoms with Crippen LogP contribution in [0, 0.1) is 11.3 Å². The molecular weight excluding hydrogens is 352 g/mol. The van der Waals surface area contributed by atoms with E-state index >= 15 is 0 Å². The van der Waals surface area contributed by atoms with E-state index in [1.54, 1.807) is 30.3 Å². The molecule has 0 heterocycles. The van der Waals surface area contributed by atoms with Crippen molar-refractivity contribution in [3.05, 3.63) is 64.2 Å². The first-order valence-corrected chi connectivity index (χ1v) is 8.26. The fourth-order valence-electron chi connectivity index (χ4n) is 2.40. The summed E-state index contributed by atoms with van der Waals surface area (Å²) in [5.74, 6) is 0.698. The molecule has 2 rings (SSSR count). The Bertz CT molecular complexity index is 855. The van der Waals surface area contributed by atoms with Crippen LogP contribution in [0.2, 0.25) is 5.02 Å². The Kier molecular flexibility index (Phi) is 6.65. The molecule has 1 amide bonds. The number of carbonyl (C=O) groups is 1. The topological polar surface area (TPSA) is 71.3 Å². The maximum absolute atomic E-state index is 12.1. The molecule has 5 nitrogen and oxygen atoms in total. The van der Waals surface area contributed by atoms with E-state index in [4.69, 9.17) is 26.3 Å². The number of hydrogen-bond donors (Lipinski definition) is 1. The Hall–Kier alpha value is -2.97. The maximum Gasteiger partial charge on any atom is 0.244 e. The van der Waals surface area contributed by atoms with Gasteiger partial charge in [-0.05, 0) is 48.4 Å². The second kappa shape index (κ2) is 8.93. The molecular formula is C20H19ClN2O3. The van der Waals surface area contributed by atoms with Crippen LogP contribution in [-0.2, 0) is 4.79 Å². The van der Waals surface area contributed by atoms with Crippen molar-refractivity contribution in [1.29, 1.82) is 5.26 Å². The minimum atomic E-state index is -0.243. The number of rotatable bonds is 6. The van der Waals surface area contributed by atoms with E-state index < -0.39 is 0 Å². The lowest BCUT2D eigenvalue weighted by Crippen LogP contribution is -2.24. The van der Waals surface area contributed by atoms with Crippen LogP contribution in [0.15, 0.2) is 42.5 Å². The molecule has 0 aromatic heterocycles. The summed E-state index contributed by atoms with van der Waals surface area (Å²) in [5, 5.41) is 12.1. The van der Waals surface area contributed by atoms with Gasteiger partial charge in [0.25, 0.3) is 0 Å². The van der Waals surface area contributed by atoms with Crippen LogP contribution in [0.4, 0.5) is 0 Å². The van der Waals surface area contributed by atoms with Crippen LogP contribution in [0.3, 0.4) is 0 Å². The average molecular weight is 371 g/mol.